The normalized spacial score (nSPS) is 10.7. The molecule has 0 unspecified atom stereocenters. The lowest BCUT2D eigenvalue weighted by molar-refractivity contribution is 0.0589. The van der Waals surface area contributed by atoms with Gasteiger partial charge in [-0.2, -0.15) is 0 Å². The van der Waals surface area contributed by atoms with Gasteiger partial charge in [0.05, 0.1) is 13.4 Å². The van der Waals surface area contributed by atoms with Gasteiger partial charge in [-0.05, 0) is 11.1 Å². The van der Waals surface area contributed by atoms with E-state index in [2.05, 4.69) is 9.72 Å². The first-order valence-corrected chi connectivity index (χ1v) is 8.08. The van der Waals surface area contributed by atoms with Gasteiger partial charge in [0.25, 0.3) is 5.56 Å². The molecule has 0 aliphatic heterocycles. The van der Waals surface area contributed by atoms with Crippen LogP contribution in [-0.2, 0) is 11.3 Å². The Morgan fingerprint density at radius 1 is 1.08 bits per heavy atom. The molecule has 3 rings (SSSR count). The lowest BCUT2D eigenvalue weighted by Crippen LogP contribution is -2.26. The zero-order valence-electron chi connectivity index (χ0n) is 14.2. The van der Waals surface area contributed by atoms with E-state index in [0.717, 1.165) is 18.2 Å². The number of hydrogen-bond acceptors (Lipinski definition) is 5. The average molecular weight is 350 g/mol. The Bertz CT molecular complexity index is 913. The lowest BCUT2D eigenvalue weighted by Gasteiger charge is -2.19. The van der Waals surface area contributed by atoms with E-state index in [9.17, 15) is 14.7 Å². The predicted molar refractivity (Wildman–Crippen MR) is 96.2 cm³/mol. The van der Waals surface area contributed by atoms with Crippen molar-refractivity contribution in [2.75, 3.05) is 7.11 Å². The van der Waals surface area contributed by atoms with E-state index in [4.69, 9.17) is 0 Å². The second-order valence-corrected chi connectivity index (χ2v) is 5.76. The highest BCUT2D eigenvalue weighted by atomic mass is 16.5. The van der Waals surface area contributed by atoms with E-state index in [1.165, 1.54) is 10.9 Å². The molecular weight excluding hydrogens is 332 g/mol. The molecule has 6 heteroatoms. The van der Waals surface area contributed by atoms with Gasteiger partial charge in [-0.1, -0.05) is 60.7 Å². The average Bonchev–Trinajstić information content (AvgIpc) is 2.70. The topological polar surface area (TPSA) is 81.4 Å². The van der Waals surface area contributed by atoms with Gasteiger partial charge in [-0.25, -0.2) is 9.78 Å². The first-order chi connectivity index (χ1) is 12.6. The smallest absolute Gasteiger partial charge is 0.360 e. The Morgan fingerprint density at radius 2 is 1.62 bits per heavy atom. The van der Waals surface area contributed by atoms with Crippen molar-refractivity contribution >= 4 is 5.97 Å². The van der Waals surface area contributed by atoms with Gasteiger partial charge in [0.1, 0.15) is 0 Å². The van der Waals surface area contributed by atoms with Crippen LogP contribution in [0.1, 0.15) is 27.5 Å². The molecule has 0 aliphatic rings. The zero-order chi connectivity index (χ0) is 18.5. The van der Waals surface area contributed by atoms with Crippen molar-refractivity contribution in [3.63, 3.8) is 0 Å². The third-order valence-electron chi connectivity index (χ3n) is 4.18. The summed E-state index contributed by atoms with van der Waals surface area (Å²) in [6.07, 6.45) is 1.26. The highest BCUT2D eigenvalue weighted by Crippen LogP contribution is 2.26. The second kappa shape index (κ2) is 7.65. The van der Waals surface area contributed by atoms with Crippen molar-refractivity contribution in [1.29, 1.82) is 0 Å². The summed E-state index contributed by atoms with van der Waals surface area (Å²) < 4.78 is 5.82. The number of carbonyl (C=O) groups is 1. The van der Waals surface area contributed by atoms with Crippen molar-refractivity contribution in [3.8, 4) is 5.75 Å². The van der Waals surface area contributed by atoms with Crippen molar-refractivity contribution < 1.29 is 14.6 Å². The van der Waals surface area contributed by atoms with Crippen LogP contribution in [0.3, 0.4) is 0 Å². The maximum absolute atomic E-state index is 12.5. The van der Waals surface area contributed by atoms with E-state index in [-0.39, 0.29) is 18.2 Å². The molecule has 1 heterocycles. The first kappa shape index (κ1) is 17.4. The molecule has 0 atom stereocenters. The third-order valence-corrected chi connectivity index (χ3v) is 4.18. The summed E-state index contributed by atoms with van der Waals surface area (Å²) in [5.74, 6) is -1.67. The highest BCUT2D eigenvalue weighted by Gasteiger charge is 2.21. The number of ether oxygens (including phenoxy) is 1. The summed E-state index contributed by atoms with van der Waals surface area (Å²) >= 11 is 0. The molecule has 2 aromatic carbocycles. The fraction of sp³-hybridized carbons (Fsp3) is 0.150. The molecule has 0 radical (unpaired) electrons. The number of nitrogens with zero attached hydrogens (tertiary/aromatic N) is 2. The summed E-state index contributed by atoms with van der Waals surface area (Å²) in [5, 5.41) is 10.0. The summed E-state index contributed by atoms with van der Waals surface area (Å²) in [5.41, 5.74) is 0.992. The molecule has 0 aliphatic carbocycles. The minimum Gasteiger partial charge on any atom is -0.501 e. The van der Waals surface area contributed by atoms with E-state index in [1.54, 1.807) is 0 Å². The van der Waals surface area contributed by atoms with Crippen molar-refractivity contribution in [3.05, 3.63) is 94.2 Å². The molecule has 6 nitrogen and oxygen atoms in total. The number of aromatic nitrogens is 2. The van der Waals surface area contributed by atoms with Crippen LogP contribution in [0.4, 0.5) is 0 Å². The van der Waals surface area contributed by atoms with E-state index in [1.807, 2.05) is 60.7 Å². The van der Waals surface area contributed by atoms with E-state index < -0.39 is 17.3 Å². The lowest BCUT2D eigenvalue weighted by atomic mass is 9.91. The van der Waals surface area contributed by atoms with Crippen LogP contribution in [0.25, 0.3) is 0 Å². The SMILES string of the molecule is COC(=O)c1ncn(CC(c2ccccc2)c2ccccc2)c(=O)c1O. The van der Waals surface area contributed by atoms with Crippen molar-refractivity contribution in [1.82, 2.24) is 9.55 Å². The number of carbonyl (C=O) groups excluding carboxylic acids is 1. The summed E-state index contributed by atoms with van der Waals surface area (Å²) in [6, 6.07) is 19.5. The Hall–Kier alpha value is -3.41. The second-order valence-electron chi connectivity index (χ2n) is 5.76. The number of esters is 1. The van der Waals surface area contributed by atoms with Crippen molar-refractivity contribution in [2.24, 2.45) is 0 Å². The molecule has 1 N–H and O–H groups in total. The van der Waals surface area contributed by atoms with Crippen LogP contribution in [0, 0.1) is 0 Å². The summed E-state index contributed by atoms with van der Waals surface area (Å²) in [7, 11) is 1.16. The van der Waals surface area contributed by atoms with Gasteiger partial charge >= 0.3 is 5.97 Å². The van der Waals surface area contributed by atoms with E-state index >= 15 is 0 Å². The molecule has 0 saturated carbocycles. The Kier molecular flexibility index (Phi) is 5.12. The van der Waals surface area contributed by atoms with Gasteiger partial charge < -0.3 is 9.84 Å². The van der Waals surface area contributed by atoms with Crippen LogP contribution in [0.5, 0.6) is 5.75 Å². The van der Waals surface area contributed by atoms with Crippen LogP contribution < -0.4 is 5.56 Å². The monoisotopic (exact) mass is 350 g/mol. The Balaban J connectivity index is 2.02. The molecule has 3 aromatic rings. The van der Waals surface area contributed by atoms with Gasteiger partial charge in [0.2, 0.25) is 5.75 Å². The predicted octanol–water partition coefficient (Wildman–Crippen LogP) is 2.57. The number of hydrogen-bond donors (Lipinski definition) is 1. The van der Waals surface area contributed by atoms with Crippen molar-refractivity contribution in [2.45, 2.75) is 12.5 Å². The van der Waals surface area contributed by atoms with Gasteiger partial charge in [0.15, 0.2) is 5.69 Å². The van der Waals surface area contributed by atoms with E-state index in [0.29, 0.717) is 0 Å². The Labute approximate surface area is 150 Å². The maximum atomic E-state index is 12.5. The molecule has 132 valence electrons. The molecular formula is C20H18N2O4. The molecule has 0 spiro atoms. The summed E-state index contributed by atoms with van der Waals surface area (Å²) in [4.78, 5) is 27.9. The fourth-order valence-corrected chi connectivity index (χ4v) is 2.83. The largest absolute Gasteiger partial charge is 0.501 e. The maximum Gasteiger partial charge on any atom is 0.360 e. The van der Waals surface area contributed by atoms with Crippen LogP contribution >= 0.6 is 0 Å². The van der Waals surface area contributed by atoms with Crippen LogP contribution in [0.15, 0.2) is 71.8 Å². The minimum atomic E-state index is -0.852. The first-order valence-electron chi connectivity index (χ1n) is 8.08. The molecule has 0 amide bonds. The number of methoxy groups -OCH3 is 1. The molecule has 0 fully saturated rings. The highest BCUT2D eigenvalue weighted by molar-refractivity contribution is 5.89. The number of benzene rings is 2. The molecule has 26 heavy (non-hydrogen) atoms. The number of rotatable bonds is 5. The quantitative estimate of drug-likeness (QED) is 0.715. The minimum absolute atomic E-state index is 0.111. The van der Waals surface area contributed by atoms with Gasteiger partial charge in [-0.3, -0.25) is 9.36 Å². The zero-order valence-corrected chi connectivity index (χ0v) is 14.2. The number of aromatic hydroxyl groups is 1. The van der Waals surface area contributed by atoms with Crippen LogP contribution in [0.2, 0.25) is 0 Å². The van der Waals surface area contributed by atoms with Gasteiger partial charge in [-0.15, -0.1) is 0 Å². The standard InChI is InChI=1S/C20H18N2O4/c1-26-20(25)17-18(23)19(24)22(13-21-17)12-16(14-8-4-2-5-9-14)15-10-6-3-7-11-15/h2-11,13,16,23H,12H2,1H3. The third kappa shape index (κ3) is 3.49. The fourth-order valence-electron chi connectivity index (χ4n) is 2.83. The van der Waals surface area contributed by atoms with Crippen LogP contribution in [-0.4, -0.2) is 27.7 Å². The molecule has 0 bridgehead atoms. The molecule has 1 aromatic heterocycles. The molecule has 0 saturated heterocycles. The van der Waals surface area contributed by atoms with Gasteiger partial charge in [0, 0.05) is 12.5 Å². The Morgan fingerprint density at radius 3 is 2.12 bits per heavy atom. The summed E-state index contributed by atoms with van der Waals surface area (Å²) in [6.45, 7) is 0.273.